The highest BCUT2D eigenvalue weighted by Crippen LogP contribution is 2.35. The fraction of sp³-hybridized carbons (Fsp3) is 0.636. The Morgan fingerprint density at radius 1 is 0.843 bits per heavy atom. The molecule has 18 heteroatoms. The molecule has 4 amide bonds. The van der Waals surface area contributed by atoms with Crippen molar-refractivity contribution >= 4 is 43.4 Å². The van der Waals surface area contributed by atoms with E-state index in [1.807, 2.05) is 44.2 Å². The van der Waals surface area contributed by atoms with Gasteiger partial charge in [0, 0.05) is 6.92 Å². The predicted molar refractivity (Wildman–Crippen MR) is 181 cm³/mol. The molecule has 286 valence electrons. The van der Waals surface area contributed by atoms with Crippen molar-refractivity contribution in [1.29, 1.82) is 0 Å². The van der Waals surface area contributed by atoms with E-state index in [0.717, 1.165) is 5.56 Å². The van der Waals surface area contributed by atoms with Crippen molar-refractivity contribution in [3.05, 3.63) is 35.9 Å². The highest BCUT2D eigenvalue weighted by molar-refractivity contribution is 7.46. The number of rotatable bonds is 21. The average Bonchev–Trinajstić information content (AvgIpc) is 3.77. The average molecular weight is 743 g/mol. The summed E-state index contributed by atoms with van der Waals surface area (Å²) in [6.45, 7) is 10.4. The molecule has 1 aromatic rings. The van der Waals surface area contributed by atoms with Gasteiger partial charge >= 0.3 is 14.0 Å². The molecule has 0 aromatic heterocycles. The Bertz CT molecular complexity index is 1410. The number of carbonyl (C=O) groups is 6. The Balaban J connectivity index is 2.32. The number of nitrogens with one attached hydrogen (secondary N) is 4. The van der Waals surface area contributed by atoms with Gasteiger partial charge in [0.05, 0.1) is 12.6 Å². The van der Waals surface area contributed by atoms with E-state index in [2.05, 4.69) is 30.5 Å². The van der Waals surface area contributed by atoms with Crippen LogP contribution < -0.4 is 21.3 Å². The summed E-state index contributed by atoms with van der Waals surface area (Å²) < 4.78 is 30.0. The van der Waals surface area contributed by atoms with Crippen molar-refractivity contribution in [3.8, 4) is 0 Å². The van der Waals surface area contributed by atoms with Gasteiger partial charge in [0.25, 0.3) is 0 Å². The molecule has 0 bridgehead atoms. The van der Waals surface area contributed by atoms with Gasteiger partial charge in [-0.3, -0.25) is 24.0 Å². The van der Waals surface area contributed by atoms with Crippen LogP contribution in [0.1, 0.15) is 73.3 Å². The third-order valence-corrected chi connectivity index (χ3v) is 8.21. The zero-order valence-electron chi connectivity index (χ0n) is 30.0. The summed E-state index contributed by atoms with van der Waals surface area (Å²) >= 11 is 0. The van der Waals surface area contributed by atoms with E-state index in [1.54, 1.807) is 20.8 Å². The third kappa shape index (κ3) is 15.9. The van der Waals surface area contributed by atoms with Crippen molar-refractivity contribution in [3.63, 3.8) is 0 Å². The number of phosphoric ester groups is 1. The van der Waals surface area contributed by atoms with Gasteiger partial charge < -0.3 is 45.3 Å². The number of carbonyl (C=O) groups excluding carboxylic acids is 6. The molecule has 2 rings (SSSR count). The Kier molecular flexibility index (Phi) is 16.7. The molecule has 51 heavy (non-hydrogen) atoms. The van der Waals surface area contributed by atoms with Crippen LogP contribution in [0.15, 0.2) is 30.3 Å². The largest absolute Gasteiger partial charge is 0.510 e. The topological polar surface area (TPSA) is 248 Å². The zero-order valence-corrected chi connectivity index (χ0v) is 30.9. The van der Waals surface area contributed by atoms with E-state index in [-0.39, 0.29) is 43.5 Å². The Labute approximate surface area is 297 Å². The second-order valence-electron chi connectivity index (χ2n) is 13.5. The second-order valence-corrected chi connectivity index (χ2v) is 14.7. The summed E-state index contributed by atoms with van der Waals surface area (Å²) in [5.41, 5.74) is -0.156. The maximum Gasteiger partial charge on any atom is 0.510 e. The molecular formula is C33H51N4O13P. The summed E-state index contributed by atoms with van der Waals surface area (Å²) in [7, 11) is -4.98. The summed E-state index contributed by atoms with van der Waals surface area (Å²) in [4.78, 5) is 96.4. The predicted octanol–water partition coefficient (Wildman–Crippen LogP) is 1.64. The molecule has 1 aliphatic heterocycles. The number of benzene rings is 1. The fourth-order valence-corrected chi connectivity index (χ4v) is 5.27. The molecule has 0 saturated carbocycles. The summed E-state index contributed by atoms with van der Waals surface area (Å²) in [6.07, 6.45) is -1.96. The lowest BCUT2D eigenvalue weighted by atomic mass is 9.93. The molecule has 0 aliphatic carbocycles. The Hall–Kier alpha value is -3.89. The van der Waals surface area contributed by atoms with Gasteiger partial charge in [-0.15, -0.1) is 0 Å². The first-order chi connectivity index (χ1) is 23.7. The maximum absolute atomic E-state index is 13.8. The molecule has 6 N–H and O–H groups in total. The number of epoxide rings is 1. The molecule has 1 aromatic carbocycles. The lowest BCUT2D eigenvalue weighted by Gasteiger charge is -2.30. The third-order valence-electron chi connectivity index (χ3n) is 7.77. The number of aryl methyl sites for hydroxylation is 1. The summed E-state index contributed by atoms with van der Waals surface area (Å²) in [5, 5.41) is 10.4. The number of phosphoric acid groups is 1. The van der Waals surface area contributed by atoms with E-state index in [9.17, 15) is 33.3 Å². The normalized spacial score (nSPS) is 18.4. The van der Waals surface area contributed by atoms with E-state index in [4.69, 9.17) is 19.3 Å². The fourth-order valence-electron chi connectivity index (χ4n) is 5.08. The van der Waals surface area contributed by atoms with Gasteiger partial charge in [0.2, 0.25) is 30.4 Å². The molecule has 1 heterocycles. The molecule has 0 unspecified atom stereocenters. The number of ether oxygens (including phenoxy) is 3. The van der Waals surface area contributed by atoms with Crippen LogP contribution in [0.2, 0.25) is 0 Å². The van der Waals surface area contributed by atoms with Crippen molar-refractivity contribution < 1.29 is 61.9 Å². The lowest BCUT2D eigenvalue weighted by Crippen LogP contribution is -2.61. The second kappa shape index (κ2) is 19.6. The minimum absolute atomic E-state index is 0.0450. The molecular weight excluding hydrogens is 691 g/mol. The quantitative estimate of drug-likeness (QED) is 0.0454. The van der Waals surface area contributed by atoms with Crippen molar-refractivity contribution in [2.24, 2.45) is 11.8 Å². The zero-order chi connectivity index (χ0) is 38.5. The van der Waals surface area contributed by atoms with Crippen LogP contribution in [-0.2, 0) is 53.7 Å². The van der Waals surface area contributed by atoms with Crippen LogP contribution >= 0.6 is 7.82 Å². The number of Topliss-reactive ketones (excluding diaryl/α,β-unsaturated/α-hetero) is 1. The van der Waals surface area contributed by atoms with Crippen molar-refractivity contribution in [2.45, 2.75) is 110 Å². The smallest absolute Gasteiger partial charge is 0.428 e. The standard InChI is InChI=1S/C33H51N4O13P/c1-19(2)15-25(28(39)33(7)17-48-33)35-31(42)27(21(5)50-32(43)47-18-49-51(44,45)46)37-30(41)26(16-20(3)4)36-29(40)24(34-22(6)38)14-13-23-11-9-8-10-12-23/h8-12,19-21,24-27H,13-18H2,1-7H3,(H,34,38)(H,35,42)(H,36,40)(H,37,41)(H2,44,45,46)/t21-,24+,25+,26+,27+,33-/m1/s1. The van der Waals surface area contributed by atoms with Crippen LogP contribution in [0.5, 0.6) is 0 Å². The maximum atomic E-state index is 13.8. The van der Waals surface area contributed by atoms with Crippen molar-refractivity contribution in [1.82, 2.24) is 21.3 Å². The number of hydrogen-bond acceptors (Lipinski definition) is 11. The van der Waals surface area contributed by atoms with Gasteiger partial charge in [-0.25, -0.2) is 13.9 Å². The molecule has 1 saturated heterocycles. The number of ketones is 1. The molecule has 1 fully saturated rings. The minimum Gasteiger partial charge on any atom is -0.428 e. The Morgan fingerprint density at radius 2 is 1.39 bits per heavy atom. The first-order valence-electron chi connectivity index (χ1n) is 16.6. The van der Waals surface area contributed by atoms with Gasteiger partial charge in [-0.1, -0.05) is 58.0 Å². The minimum atomic E-state index is -4.98. The SMILES string of the molecule is CC(=O)N[C@@H](CCc1ccccc1)C(=O)N[C@@H](CC(C)C)C(=O)N[C@H](C(=O)N[C@@H](CC(C)C)C(=O)[C@@]1(C)CO1)[C@@H](C)OC(=O)OCOP(=O)(O)O. The van der Waals surface area contributed by atoms with E-state index in [1.165, 1.54) is 13.8 Å². The number of amides is 4. The van der Waals surface area contributed by atoms with Crippen LogP contribution in [-0.4, -0.2) is 94.6 Å². The van der Waals surface area contributed by atoms with Gasteiger partial charge in [-0.2, -0.15) is 0 Å². The molecule has 1 aliphatic rings. The molecule has 0 radical (unpaired) electrons. The summed E-state index contributed by atoms with van der Waals surface area (Å²) in [6, 6.07) is 4.40. The first kappa shape index (κ1) is 43.3. The molecule has 17 nitrogen and oxygen atoms in total. The lowest BCUT2D eigenvalue weighted by molar-refractivity contribution is -0.137. The highest BCUT2D eigenvalue weighted by atomic mass is 31.2. The van der Waals surface area contributed by atoms with Crippen LogP contribution in [0.4, 0.5) is 4.79 Å². The van der Waals surface area contributed by atoms with Gasteiger partial charge in [0.1, 0.15) is 29.8 Å². The molecule has 0 spiro atoms. The Morgan fingerprint density at radius 3 is 1.92 bits per heavy atom. The van der Waals surface area contributed by atoms with Crippen molar-refractivity contribution in [2.75, 3.05) is 13.4 Å². The van der Waals surface area contributed by atoms with Crippen LogP contribution in [0, 0.1) is 11.8 Å². The molecule has 6 atom stereocenters. The summed E-state index contributed by atoms with van der Waals surface area (Å²) in [5.74, 6) is -3.41. The first-order valence-corrected chi connectivity index (χ1v) is 18.2. The van der Waals surface area contributed by atoms with E-state index in [0.29, 0.717) is 6.42 Å². The number of hydrogen-bond donors (Lipinski definition) is 6. The monoisotopic (exact) mass is 742 g/mol. The highest BCUT2D eigenvalue weighted by Gasteiger charge is 2.50. The van der Waals surface area contributed by atoms with Crippen LogP contribution in [0.3, 0.4) is 0 Å². The van der Waals surface area contributed by atoms with Crippen LogP contribution in [0.25, 0.3) is 0 Å². The van der Waals surface area contributed by atoms with E-state index < -0.39 is 80.3 Å². The van der Waals surface area contributed by atoms with E-state index >= 15 is 0 Å². The van der Waals surface area contributed by atoms with Gasteiger partial charge in [-0.05, 0) is 56.9 Å². The van der Waals surface area contributed by atoms with Gasteiger partial charge in [0.15, 0.2) is 5.78 Å².